The number of aromatic nitrogens is 2. The number of nitrogens with one attached hydrogen (secondary N) is 1. The summed E-state index contributed by atoms with van der Waals surface area (Å²) in [6, 6.07) is 1.87. The van der Waals surface area contributed by atoms with E-state index in [0.29, 0.717) is 11.2 Å². The molecule has 0 aliphatic carbocycles. The predicted octanol–water partition coefficient (Wildman–Crippen LogP) is 1.97. The molecule has 0 saturated heterocycles. The van der Waals surface area contributed by atoms with Crippen molar-refractivity contribution in [3.05, 3.63) is 6.07 Å². The van der Waals surface area contributed by atoms with E-state index in [4.69, 9.17) is 4.74 Å². The second-order valence-corrected chi connectivity index (χ2v) is 5.59. The summed E-state index contributed by atoms with van der Waals surface area (Å²) in [6.45, 7) is 5.33. The van der Waals surface area contributed by atoms with Crippen LogP contribution in [0.25, 0.3) is 0 Å². The van der Waals surface area contributed by atoms with Crippen LogP contribution in [0.2, 0.25) is 0 Å². The van der Waals surface area contributed by atoms with E-state index in [1.54, 1.807) is 23.6 Å². The van der Waals surface area contributed by atoms with E-state index >= 15 is 0 Å². The third-order valence-corrected chi connectivity index (χ3v) is 4.15. The zero-order valence-corrected chi connectivity index (χ0v) is 11.4. The Bertz CT molecular complexity index is 427. The molecule has 6 heteroatoms. The summed E-state index contributed by atoms with van der Waals surface area (Å²) < 4.78 is 6.86. The van der Waals surface area contributed by atoms with Gasteiger partial charge in [0, 0.05) is 18.4 Å². The zero-order valence-electron chi connectivity index (χ0n) is 10.6. The van der Waals surface area contributed by atoms with Crippen molar-refractivity contribution < 1.29 is 4.74 Å². The number of amidine groups is 1. The molecule has 0 fully saturated rings. The standard InChI is InChI=1S/C11H18N4OS/c1-7(2)8-6-12-11(17-8)13-9-5-10(16-4)15(3)14-9/h5,7-8H,6H2,1-4H3,(H,12,13,14). The van der Waals surface area contributed by atoms with Crippen LogP contribution in [0.5, 0.6) is 5.88 Å². The van der Waals surface area contributed by atoms with E-state index in [-0.39, 0.29) is 0 Å². The first-order valence-corrected chi connectivity index (χ1v) is 6.54. The molecule has 0 aromatic carbocycles. The molecule has 5 nitrogen and oxygen atoms in total. The lowest BCUT2D eigenvalue weighted by Crippen LogP contribution is -2.13. The Morgan fingerprint density at radius 1 is 1.59 bits per heavy atom. The normalized spacial score (nSPS) is 19.6. The summed E-state index contributed by atoms with van der Waals surface area (Å²) in [7, 11) is 3.49. The van der Waals surface area contributed by atoms with Gasteiger partial charge in [0.2, 0.25) is 5.88 Å². The Kier molecular flexibility index (Phi) is 3.61. The summed E-state index contributed by atoms with van der Waals surface area (Å²) in [4.78, 5) is 4.48. The van der Waals surface area contributed by atoms with Gasteiger partial charge in [0.15, 0.2) is 11.0 Å². The van der Waals surface area contributed by atoms with E-state index < -0.39 is 0 Å². The SMILES string of the molecule is COc1cc(NC2=NCC(C(C)C)S2)nn1C. The first-order chi connectivity index (χ1) is 8.10. The van der Waals surface area contributed by atoms with Crippen molar-refractivity contribution in [1.82, 2.24) is 9.78 Å². The van der Waals surface area contributed by atoms with Crippen molar-refractivity contribution in [3.8, 4) is 5.88 Å². The van der Waals surface area contributed by atoms with Gasteiger partial charge in [-0.05, 0) is 5.92 Å². The van der Waals surface area contributed by atoms with Crippen molar-refractivity contribution in [2.45, 2.75) is 19.1 Å². The van der Waals surface area contributed by atoms with Crippen LogP contribution in [-0.2, 0) is 7.05 Å². The summed E-state index contributed by atoms with van der Waals surface area (Å²) in [5, 5.41) is 9.04. The van der Waals surface area contributed by atoms with Gasteiger partial charge in [-0.3, -0.25) is 4.99 Å². The molecule has 2 rings (SSSR count). The van der Waals surface area contributed by atoms with E-state index in [0.717, 1.165) is 23.4 Å². The summed E-state index contributed by atoms with van der Waals surface area (Å²) in [6.07, 6.45) is 0. The fourth-order valence-corrected chi connectivity index (χ4v) is 2.64. The van der Waals surface area contributed by atoms with E-state index in [1.165, 1.54) is 0 Å². The maximum absolute atomic E-state index is 5.16. The van der Waals surface area contributed by atoms with Gasteiger partial charge in [0.25, 0.3) is 0 Å². The van der Waals surface area contributed by atoms with Crippen molar-refractivity contribution in [2.75, 3.05) is 19.0 Å². The van der Waals surface area contributed by atoms with Gasteiger partial charge in [-0.15, -0.1) is 0 Å². The van der Waals surface area contributed by atoms with Crippen LogP contribution in [0, 0.1) is 5.92 Å². The molecule has 2 heterocycles. The summed E-state index contributed by atoms with van der Waals surface area (Å²) in [5.74, 6) is 2.15. The average Bonchev–Trinajstić information content (AvgIpc) is 2.86. The van der Waals surface area contributed by atoms with Crippen LogP contribution in [0.4, 0.5) is 5.82 Å². The van der Waals surface area contributed by atoms with Gasteiger partial charge in [-0.2, -0.15) is 5.10 Å². The molecule has 1 N–H and O–H groups in total. The highest BCUT2D eigenvalue weighted by Crippen LogP contribution is 2.28. The molecule has 1 aromatic rings. The molecule has 0 radical (unpaired) electrons. The molecule has 17 heavy (non-hydrogen) atoms. The lowest BCUT2D eigenvalue weighted by Gasteiger charge is -2.11. The minimum absolute atomic E-state index is 0.572. The Hall–Kier alpha value is -1.17. The summed E-state index contributed by atoms with van der Waals surface area (Å²) >= 11 is 1.79. The Labute approximate surface area is 106 Å². The van der Waals surface area contributed by atoms with Gasteiger partial charge < -0.3 is 10.1 Å². The average molecular weight is 254 g/mol. The predicted molar refractivity (Wildman–Crippen MR) is 71.9 cm³/mol. The van der Waals surface area contributed by atoms with E-state index in [9.17, 15) is 0 Å². The molecule has 1 aromatic heterocycles. The lowest BCUT2D eigenvalue weighted by molar-refractivity contribution is 0.373. The number of hydrogen-bond donors (Lipinski definition) is 1. The van der Waals surface area contributed by atoms with E-state index in [1.807, 2.05) is 13.1 Å². The van der Waals surface area contributed by atoms with Crippen molar-refractivity contribution in [3.63, 3.8) is 0 Å². The third-order valence-electron chi connectivity index (χ3n) is 2.70. The maximum atomic E-state index is 5.16. The van der Waals surface area contributed by atoms with Gasteiger partial charge in [-0.1, -0.05) is 25.6 Å². The molecule has 1 atom stereocenters. The van der Waals surface area contributed by atoms with Crippen molar-refractivity contribution in [1.29, 1.82) is 0 Å². The first-order valence-electron chi connectivity index (χ1n) is 5.66. The Morgan fingerprint density at radius 3 is 2.88 bits per heavy atom. The molecule has 1 aliphatic rings. The van der Waals surface area contributed by atoms with Crippen LogP contribution < -0.4 is 10.1 Å². The van der Waals surface area contributed by atoms with Crippen LogP contribution in [0.1, 0.15) is 13.8 Å². The first kappa shape index (κ1) is 12.3. The monoisotopic (exact) mass is 254 g/mol. The number of aliphatic imine (C=N–C) groups is 1. The quantitative estimate of drug-likeness (QED) is 0.896. The number of ether oxygens (including phenoxy) is 1. The van der Waals surface area contributed by atoms with Crippen molar-refractivity contribution >= 4 is 22.7 Å². The maximum Gasteiger partial charge on any atom is 0.213 e. The number of hydrogen-bond acceptors (Lipinski definition) is 5. The number of aryl methyl sites for hydroxylation is 1. The van der Waals surface area contributed by atoms with Gasteiger partial charge in [0.05, 0.1) is 13.7 Å². The minimum Gasteiger partial charge on any atom is -0.481 e. The zero-order chi connectivity index (χ0) is 12.4. The number of methoxy groups -OCH3 is 1. The molecular weight excluding hydrogens is 236 g/mol. The van der Waals surface area contributed by atoms with Gasteiger partial charge in [-0.25, -0.2) is 4.68 Å². The lowest BCUT2D eigenvalue weighted by atomic mass is 10.1. The largest absolute Gasteiger partial charge is 0.481 e. The molecule has 94 valence electrons. The number of anilines is 1. The fourth-order valence-electron chi connectivity index (χ4n) is 1.62. The molecule has 1 unspecified atom stereocenters. The van der Waals surface area contributed by atoms with Crippen LogP contribution in [-0.4, -0.2) is 33.9 Å². The highest BCUT2D eigenvalue weighted by atomic mass is 32.2. The second-order valence-electron chi connectivity index (χ2n) is 4.37. The van der Waals surface area contributed by atoms with Crippen LogP contribution >= 0.6 is 11.8 Å². The highest BCUT2D eigenvalue weighted by molar-refractivity contribution is 8.15. The molecule has 0 amide bonds. The molecule has 0 saturated carbocycles. The number of nitrogens with zero attached hydrogens (tertiary/aromatic N) is 3. The Morgan fingerprint density at radius 2 is 2.35 bits per heavy atom. The van der Waals surface area contributed by atoms with Crippen molar-refractivity contribution in [2.24, 2.45) is 18.0 Å². The highest BCUT2D eigenvalue weighted by Gasteiger charge is 2.23. The van der Waals surface area contributed by atoms with Crippen LogP contribution in [0.15, 0.2) is 11.1 Å². The molecule has 0 spiro atoms. The molecular formula is C11H18N4OS. The van der Waals surface area contributed by atoms with Crippen LogP contribution in [0.3, 0.4) is 0 Å². The fraction of sp³-hybridized carbons (Fsp3) is 0.636. The van der Waals surface area contributed by atoms with Gasteiger partial charge >= 0.3 is 0 Å². The molecule has 0 bridgehead atoms. The topological polar surface area (TPSA) is 51.4 Å². The number of rotatable bonds is 3. The third kappa shape index (κ3) is 2.74. The smallest absolute Gasteiger partial charge is 0.213 e. The van der Waals surface area contributed by atoms with Gasteiger partial charge in [0.1, 0.15) is 0 Å². The number of thioether (sulfide) groups is 1. The second kappa shape index (κ2) is 5.00. The minimum atomic E-state index is 0.572. The molecule has 1 aliphatic heterocycles. The summed E-state index contributed by atoms with van der Waals surface area (Å²) in [5.41, 5.74) is 0. The Balaban J connectivity index is 1.98. The van der Waals surface area contributed by atoms with E-state index in [2.05, 4.69) is 29.3 Å².